The molecular weight excluding hydrogens is 532 g/mol. The van der Waals surface area contributed by atoms with Gasteiger partial charge >= 0.3 is 0 Å². The number of para-hydroxylation sites is 3. The van der Waals surface area contributed by atoms with E-state index >= 15 is 0 Å². The molecule has 0 atom stereocenters. The van der Waals surface area contributed by atoms with Crippen LogP contribution >= 0.6 is 0 Å². The first-order valence-electron chi connectivity index (χ1n) is 14.5. The predicted octanol–water partition coefficient (Wildman–Crippen LogP) is 11.0. The molecule has 6 aromatic carbocycles. The summed E-state index contributed by atoms with van der Waals surface area (Å²) < 4.78 is 25.5. The fraction of sp³-hybridized carbons (Fsp3) is 0.0769. The molecule has 0 fully saturated rings. The molecule has 0 aliphatic carbocycles. The van der Waals surface area contributed by atoms with Gasteiger partial charge in [0.1, 0.15) is 33.8 Å². The fourth-order valence-electron chi connectivity index (χ4n) is 6.53. The fourth-order valence-corrected chi connectivity index (χ4v) is 6.53. The van der Waals surface area contributed by atoms with Gasteiger partial charge in [0.25, 0.3) is 0 Å². The van der Waals surface area contributed by atoms with Gasteiger partial charge in [0, 0.05) is 52.1 Å². The van der Waals surface area contributed by atoms with E-state index in [1.54, 1.807) is 0 Å². The Hall–Kier alpha value is -5.48. The molecule has 0 saturated heterocycles. The summed E-state index contributed by atoms with van der Waals surface area (Å²) in [6, 6.07) is 41.7. The number of fused-ring (bicyclic) bond motifs is 9. The third kappa shape index (κ3) is 3.70. The molecule has 1 aliphatic heterocycles. The zero-order valence-corrected chi connectivity index (χ0v) is 23.7. The summed E-state index contributed by atoms with van der Waals surface area (Å²) in [6.07, 6.45) is 0. The summed E-state index contributed by atoms with van der Waals surface area (Å²) in [5, 5.41) is 4.43. The quantitative estimate of drug-likeness (QED) is 0.212. The minimum absolute atomic E-state index is 0.772. The molecule has 4 heteroatoms. The van der Waals surface area contributed by atoms with E-state index < -0.39 is 5.79 Å². The van der Waals surface area contributed by atoms with Crippen LogP contribution in [0.3, 0.4) is 0 Å². The Morgan fingerprint density at radius 3 is 1.74 bits per heavy atom. The summed E-state index contributed by atoms with van der Waals surface area (Å²) in [6.45, 7) is 3.89. The van der Waals surface area contributed by atoms with Crippen LogP contribution < -0.4 is 9.47 Å². The molecule has 0 N–H and O–H groups in total. The topological polar surface area (TPSA) is 44.7 Å². The van der Waals surface area contributed by atoms with Gasteiger partial charge < -0.3 is 18.3 Å². The molecule has 0 bridgehead atoms. The molecule has 3 heterocycles. The molecule has 0 unspecified atom stereocenters. The number of benzene rings is 6. The van der Waals surface area contributed by atoms with Gasteiger partial charge in [-0.25, -0.2) is 0 Å². The van der Waals surface area contributed by atoms with Crippen molar-refractivity contribution in [2.45, 2.75) is 19.6 Å². The first kappa shape index (κ1) is 24.2. The lowest BCUT2D eigenvalue weighted by atomic mass is 9.93. The number of rotatable bonds is 2. The smallest absolute Gasteiger partial charge is 0.245 e. The van der Waals surface area contributed by atoms with Gasteiger partial charge in [0.05, 0.1) is 0 Å². The first-order valence-corrected chi connectivity index (χ1v) is 14.5. The molecule has 0 saturated carbocycles. The number of hydrogen-bond donors (Lipinski definition) is 0. The van der Waals surface area contributed by atoms with Crippen LogP contribution in [0.2, 0.25) is 0 Å². The van der Waals surface area contributed by atoms with E-state index in [9.17, 15) is 0 Å². The summed E-state index contributed by atoms with van der Waals surface area (Å²) in [5.74, 6) is 0.701. The number of hydrogen-bond acceptors (Lipinski definition) is 4. The summed E-state index contributed by atoms with van der Waals surface area (Å²) in [5.41, 5.74) is 9.73. The van der Waals surface area contributed by atoms with Gasteiger partial charge in [0.15, 0.2) is 0 Å². The van der Waals surface area contributed by atoms with Crippen molar-refractivity contribution < 1.29 is 18.3 Å². The summed E-state index contributed by atoms with van der Waals surface area (Å²) >= 11 is 0. The maximum Gasteiger partial charge on any atom is 0.245 e. The average molecular weight is 559 g/mol. The van der Waals surface area contributed by atoms with Gasteiger partial charge in [0.2, 0.25) is 5.79 Å². The van der Waals surface area contributed by atoms with E-state index in [-0.39, 0.29) is 0 Å². The van der Waals surface area contributed by atoms with Crippen LogP contribution in [0, 0.1) is 0 Å². The highest BCUT2D eigenvalue weighted by Crippen LogP contribution is 2.47. The lowest BCUT2D eigenvalue weighted by molar-refractivity contribution is -0.0778. The molecule has 9 rings (SSSR count). The van der Waals surface area contributed by atoms with Gasteiger partial charge in [-0.3, -0.25) is 0 Å². The first-order chi connectivity index (χ1) is 21.0. The second kappa shape index (κ2) is 8.76. The Labute approximate surface area is 247 Å². The average Bonchev–Trinajstić information content (AvgIpc) is 3.56. The maximum absolute atomic E-state index is 6.46. The monoisotopic (exact) mass is 558 g/mol. The Morgan fingerprint density at radius 1 is 0.442 bits per heavy atom. The van der Waals surface area contributed by atoms with E-state index in [1.807, 2.05) is 56.3 Å². The second-order valence-electron chi connectivity index (χ2n) is 11.6. The van der Waals surface area contributed by atoms with Crippen molar-refractivity contribution in [2.24, 2.45) is 0 Å². The Morgan fingerprint density at radius 2 is 1.00 bits per heavy atom. The highest BCUT2D eigenvalue weighted by molar-refractivity contribution is 6.13. The van der Waals surface area contributed by atoms with Crippen molar-refractivity contribution >= 4 is 43.9 Å². The second-order valence-corrected chi connectivity index (χ2v) is 11.6. The molecule has 206 valence electrons. The number of furan rings is 2. The van der Waals surface area contributed by atoms with Crippen molar-refractivity contribution in [1.82, 2.24) is 0 Å². The molecule has 8 aromatic rings. The molecular formula is C39H26O4. The minimum Gasteiger partial charge on any atom is -0.456 e. The molecule has 2 aromatic heterocycles. The minimum atomic E-state index is -0.845. The van der Waals surface area contributed by atoms with Crippen LogP contribution in [0.4, 0.5) is 0 Å². The van der Waals surface area contributed by atoms with Crippen molar-refractivity contribution in [2.75, 3.05) is 0 Å². The van der Waals surface area contributed by atoms with Gasteiger partial charge in [-0.1, -0.05) is 78.9 Å². The Balaban J connectivity index is 1.27. The van der Waals surface area contributed by atoms with Crippen molar-refractivity contribution in [1.29, 1.82) is 0 Å². The summed E-state index contributed by atoms with van der Waals surface area (Å²) in [7, 11) is 0. The number of ether oxygens (including phenoxy) is 2. The lowest BCUT2D eigenvalue weighted by Crippen LogP contribution is -2.34. The predicted molar refractivity (Wildman–Crippen MR) is 173 cm³/mol. The van der Waals surface area contributed by atoms with E-state index in [4.69, 9.17) is 18.3 Å². The third-order valence-electron chi connectivity index (χ3n) is 8.39. The maximum atomic E-state index is 6.46. The molecule has 0 radical (unpaired) electrons. The highest BCUT2D eigenvalue weighted by Gasteiger charge is 2.30. The largest absolute Gasteiger partial charge is 0.456 e. The van der Waals surface area contributed by atoms with E-state index in [0.29, 0.717) is 0 Å². The molecule has 0 amide bonds. The Kier molecular flexibility index (Phi) is 4.92. The molecule has 43 heavy (non-hydrogen) atoms. The van der Waals surface area contributed by atoms with Crippen LogP contribution in [0.15, 0.2) is 130 Å². The lowest BCUT2D eigenvalue weighted by Gasteiger charge is -2.25. The van der Waals surface area contributed by atoms with E-state index in [2.05, 4.69) is 78.9 Å². The molecule has 4 nitrogen and oxygen atoms in total. The van der Waals surface area contributed by atoms with E-state index in [1.165, 1.54) is 0 Å². The van der Waals surface area contributed by atoms with Crippen LogP contribution in [0.25, 0.3) is 77.3 Å². The summed E-state index contributed by atoms with van der Waals surface area (Å²) in [4.78, 5) is 0. The van der Waals surface area contributed by atoms with Crippen LogP contribution in [0.1, 0.15) is 13.8 Å². The van der Waals surface area contributed by atoms with Gasteiger partial charge in [-0.05, 0) is 59.2 Å². The van der Waals surface area contributed by atoms with Crippen LogP contribution in [-0.4, -0.2) is 5.79 Å². The standard InChI is InChI=1S/C39H26O4/c1-39(2)42-34-19-17-23(25-11-8-16-36-37(25)29-10-4-6-15-33(29)40-36)21-30(34)31-22-24(18-20-35(31)43-39)26-12-7-13-28-27-9-3-5-14-32(27)41-38(26)28/h3-22H,1-2H3. The Bertz CT molecular complexity index is 2390. The van der Waals surface area contributed by atoms with Crippen molar-refractivity contribution in [3.05, 3.63) is 121 Å². The van der Waals surface area contributed by atoms with Crippen molar-refractivity contribution in [3.63, 3.8) is 0 Å². The van der Waals surface area contributed by atoms with Crippen LogP contribution in [0.5, 0.6) is 11.5 Å². The third-order valence-corrected chi connectivity index (χ3v) is 8.39. The zero-order chi connectivity index (χ0) is 28.7. The molecule has 1 aliphatic rings. The van der Waals surface area contributed by atoms with Gasteiger partial charge in [-0.15, -0.1) is 0 Å². The van der Waals surface area contributed by atoms with E-state index in [0.717, 1.165) is 88.8 Å². The molecule has 0 spiro atoms. The highest BCUT2D eigenvalue weighted by atomic mass is 16.7. The normalized spacial score (nSPS) is 13.9. The van der Waals surface area contributed by atoms with Gasteiger partial charge in [-0.2, -0.15) is 0 Å². The van der Waals surface area contributed by atoms with Crippen molar-refractivity contribution in [3.8, 4) is 44.9 Å². The zero-order valence-electron chi connectivity index (χ0n) is 23.7. The SMILES string of the molecule is CC1(C)Oc2ccc(-c3cccc4c3oc3ccccc34)cc2-c2cc(-c3cccc4oc5ccccc5c34)ccc2O1. The van der Waals surface area contributed by atoms with Crippen LogP contribution in [-0.2, 0) is 0 Å².